The minimum absolute atomic E-state index is 0.300. The molecule has 0 radical (unpaired) electrons. The van der Waals surface area contributed by atoms with E-state index in [4.69, 9.17) is 9.57 Å². The van der Waals surface area contributed by atoms with Gasteiger partial charge in [0.2, 0.25) is 0 Å². The van der Waals surface area contributed by atoms with E-state index in [1.165, 1.54) is 12.1 Å². The van der Waals surface area contributed by atoms with Crippen molar-refractivity contribution in [2.75, 3.05) is 20.3 Å². The van der Waals surface area contributed by atoms with E-state index in [0.717, 1.165) is 41.0 Å². The number of piperidine rings is 1. The average Bonchev–Trinajstić information content (AvgIpc) is 3.26. The van der Waals surface area contributed by atoms with Crippen LogP contribution in [0.25, 0.3) is 17.3 Å². The number of methoxy groups -OCH3 is 1. The summed E-state index contributed by atoms with van der Waals surface area (Å²) in [5.74, 6) is 1.08. The number of aromatic nitrogens is 1. The molecule has 2 aromatic carbocycles. The van der Waals surface area contributed by atoms with E-state index in [9.17, 15) is 9.50 Å². The highest BCUT2D eigenvalue weighted by Crippen LogP contribution is 2.40. The van der Waals surface area contributed by atoms with Gasteiger partial charge in [0.1, 0.15) is 18.2 Å². The van der Waals surface area contributed by atoms with Crippen LogP contribution in [0, 0.1) is 5.82 Å². The van der Waals surface area contributed by atoms with E-state index in [1.807, 2.05) is 41.3 Å². The summed E-state index contributed by atoms with van der Waals surface area (Å²) < 4.78 is 19.1. The molecule has 0 spiro atoms. The Morgan fingerprint density at radius 3 is 2.76 bits per heavy atom. The van der Waals surface area contributed by atoms with Crippen LogP contribution in [0.15, 0.2) is 77.6 Å². The number of amidine groups is 1. The number of oxime groups is 1. The summed E-state index contributed by atoms with van der Waals surface area (Å²) in [6, 6.07) is 17.8. The van der Waals surface area contributed by atoms with Gasteiger partial charge in [0, 0.05) is 23.9 Å². The summed E-state index contributed by atoms with van der Waals surface area (Å²) in [4.78, 5) is 12.2. The number of hydrogen-bond acceptors (Lipinski definition) is 6. The largest absolute Gasteiger partial charge is 0.496 e. The van der Waals surface area contributed by atoms with Gasteiger partial charge in [0.25, 0.3) is 5.72 Å². The summed E-state index contributed by atoms with van der Waals surface area (Å²) in [6.07, 6.45) is 5.53. The van der Waals surface area contributed by atoms with Crippen molar-refractivity contribution in [1.29, 1.82) is 0 Å². The molecule has 1 N–H and O–H groups in total. The van der Waals surface area contributed by atoms with Gasteiger partial charge in [-0.25, -0.2) is 4.39 Å². The first-order chi connectivity index (χ1) is 16.1. The summed E-state index contributed by atoms with van der Waals surface area (Å²) in [7, 11) is 1.65. The Kier molecular flexibility index (Phi) is 5.56. The molecule has 0 aliphatic carbocycles. The Bertz CT molecular complexity index is 1210. The van der Waals surface area contributed by atoms with Crippen LogP contribution in [-0.2, 0) is 10.6 Å². The topological polar surface area (TPSA) is 67.2 Å². The monoisotopic (exact) mass is 445 g/mol. The lowest BCUT2D eigenvalue weighted by molar-refractivity contribution is -0.137. The molecule has 0 amide bonds. The molecule has 5 rings (SSSR count). The predicted octanol–water partition coefficient (Wildman–Crippen LogP) is 4.56. The SMILES string of the molecule is COc1cc(C=C2CCCN3C2=NOC3(CO)c2ccc(F)cc2)ccc1-c1ccccn1. The molecule has 1 aromatic heterocycles. The van der Waals surface area contributed by atoms with Gasteiger partial charge in [-0.2, -0.15) is 0 Å². The Balaban J connectivity index is 1.47. The van der Waals surface area contributed by atoms with Crippen LogP contribution in [0.2, 0.25) is 0 Å². The molecule has 7 heteroatoms. The number of hydrogen-bond donors (Lipinski definition) is 1. The van der Waals surface area contributed by atoms with E-state index in [1.54, 1.807) is 25.4 Å². The van der Waals surface area contributed by atoms with Gasteiger partial charge in [0.15, 0.2) is 5.84 Å². The van der Waals surface area contributed by atoms with Gasteiger partial charge < -0.3 is 19.6 Å². The second-order valence-corrected chi connectivity index (χ2v) is 8.06. The van der Waals surface area contributed by atoms with Gasteiger partial charge >= 0.3 is 0 Å². The Hall–Kier alpha value is -3.71. The van der Waals surface area contributed by atoms with Crippen molar-refractivity contribution in [3.63, 3.8) is 0 Å². The van der Waals surface area contributed by atoms with Crippen LogP contribution < -0.4 is 4.74 Å². The number of pyridine rings is 1. The molecule has 2 aliphatic heterocycles. The summed E-state index contributed by atoms with van der Waals surface area (Å²) >= 11 is 0. The van der Waals surface area contributed by atoms with Crippen LogP contribution in [-0.4, -0.2) is 41.1 Å². The molecule has 6 nitrogen and oxygen atoms in total. The molecule has 168 valence electrons. The van der Waals surface area contributed by atoms with Gasteiger partial charge in [-0.1, -0.05) is 17.3 Å². The maximum Gasteiger partial charge on any atom is 0.260 e. The minimum Gasteiger partial charge on any atom is -0.496 e. The van der Waals surface area contributed by atoms with E-state index >= 15 is 0 Å². The normalized spacial score (nSPS) is 20.9. The Morgan fingerprint density at radius 2 is 2.03 bits per heavy atom. The van der Waals surface area contributed by atoms with Crippen LogP contribution in [0.1, 0.15) is 24.0 Å². The molecular weight excluding hydrogens is 421 g/mol. The maximum atomic E-state index is 13.5. The number of benzene rings is 2. The van der Waals surface area contributed by atoms with E-state index in [-0.39, 0.29) is 12.4 Å². The zero-order chi connectivity index (χ0) is 22.8. The van der Waals surface area contributed by atoms with Gasteiger partial charge in [-0.15, -0.1) is 0 Å². The molecule has 3 aromatic rings. The quantitative estimate of drug-likeness (QED) is 0.624. The highest BCUT2D eigenvalue weighted by molar-refractivity contribution is 6.03. The zero-order valence-corrected chi connectivity index (χ0v) is 18.2. The van der Waals surface area contributed by atoms with Crippen molar-refractivity contribution in [3.05, 3.63) is 89.4 Å². The van der Waals surface area contributed by atoms with Crippen LogP contribution >= 0.6 is 0 Å². The maximum absolute atomic E-state index is 13.5. The number of aliphatic hydroxyl groups excluding tert-OH is 1. The van der Waals surface area contributed by atoms with Gasteiger partial charge in [-0.05, 0) is 78.6 Å². The first kappa shape index (κ1) is 21.2. The fourth-order valence-corrected chi connectivity index (χ4v) is 4.44. The first-order valence-electron chi connectivity index (χ1n) is 10.9. The second-order valence-electron chi connectivity index (χ2n) is 8.06. The van der Waals surface area contributed by atoms with Crippen molar-refractivity contribution < 1.29 is 19.1 Å². The standard InChI is InChI=1S/C26H24FN3O3/c1-32-24-16-18(7-12-22(24)23-6-2-3-13-28-23)15-19-5-4-14-30-25(19)29-33-26(30,17-31)20-8-10-21(27)11-9-20/h2-3,6-13,15-16,31H,4-5,14,17H2,1H3. The summed E-state index contributed by atoms with van der Waals surface area (Å²) in [6.45, 7) is 0.377. The number of fused-ring (bicyclic) bond motifs is 1. The first-order valence-corrected chi connectivity index (χ1v) is 10.9. The van der Waals surface area contributed by atoms with E-state index in [0.29, 0.717) is 17.9 Å². The van der Waals surface area contributed by atoms with Crippen LogP contribution in [0.3, 0.4) is 0 Å². The van der Waals surface area contributed by atoms with Crippen molar-refractivity contribution in [1.82, 2.24) is 9.88 Å². The lowest BCUT2D eigenvalue weighted by Gasteiger charge is -2.38. The minimum atomic E-state index is -1.15. The Morgan fingerprint density at radius 1 is 1.18 bits per heavy atom. The molecule has 1 atom stereocenters. The van der Waals surface area contributed by atoms with Crippen molar-refractivity contribution in [2.45, 2.75) is 18.6 Å². The smallest absolute Gasteiger partial charge is 0.260 e. The molecule has 0 bridgehead atoms. The molecule has 0 saturated carbocycles. The second kappa shape index (κ2) is 8.67. The molecule has 1 unspecified atom stereocenters. The highest BCUT2D eigenvalue weighted by Gasteiger charge is 2.49. The molecule has 1 saturated heterocycles. The highest BCUT2D eigenvalue weighted by atomic mass is 19.1. The molecular formula is C26H24FN3O3. The third kappa shape index (κ3) is 3.74. The molecule has 2 aliphatic rings. The molecule has 3 heterocycles. The number of halogens is 1. The molecule has 1 fully saturated rings. The molecule has 33 heavy (non-hydrogen) atoms. The zero-order valence-electron chi connectivity index (χ0n) is 18.2. The lowest BCUT2D eigenvalue weighted by Crippen LogP contribution is -2.51. The third-order valence-corrected chi connectivity index (χ3v) is 6.11. The number of ether oxygens (including phenoxy) is 1. The van der Waals surface area contributed by atoms with Crippen molar-refractivity contribution >= 4 is 11.9 Å². The number of rotatable bonds is 5. The van der Waals surface area contributed by atoms with Crippen LogP contribution in [0.4, 0.5) is 4.39 Å². The third-order valence-electron chi connectivity index (χ3n) is 6.11. The Labute approximate surface area is 191 Å². The fourth-order valence-electron chi connectivity index (χ4n) is 4.44. The van der Waals surface area contributed by atoms with Crippen molar-refractivity contribution in [3.8, 4) is 17.0 Å². The number of aliphatic hydroxyl groups is 1. The average molecular weight is 445 g/mol. The van der Waals surface area contributed by atoms with Crippen molar-refractivity contribution in [2.24, 2.45) is 5.16 Å². The van der Waals surface area contributed by atoms with Gasteiger partial charge in [-0.3, -0.25) is 4.98 Å². The predicted molar refractivity (Wildman–Crippen MR) is 124 cm³/mol. The summed E-state index contributed by atoms with van der Waals surface area (Å²) in [5, 5.41) is 14.6. The van der Waals surface area contributed by atoms with E-state index < -0.39 is 5.72 Å². The van der Waals surface area contributed by atoms with E-state index in [2.05, 4.69) is 16.2 Å². The summed E-state index contributed by atoms with van der Waals surface area (Å²) in [5.41, 5.74) is 3.25. The lowest BCUT2D eigenvalue weighted by atomic mass is 9.94. The fraction of sp³-hybridized carbons (Fsp3) is 0.231. The number of nitrogens with zero attached hydrogens (tertiary/aromatic N) is 3. The van der Waals surface area contributed by atoms with Crippen LogP contribution in [0.5, 0.6) is 5.75 Å². The van der Waals surface area contributed by atoms with Gasteiger partial charge in [0.05, 0.1) is 12.8 Å².